The van der Waals surface area contributed by atoms with E-state index >= 15 is 0 Å². The molecule has 0 aliphatic rings. The summed E-state index contributed by atoms with van der Waals surface area (Å²) in [4.78, 5) is 28.8. The molecule has 1 heterocycles. The number of methoxy groups -OCH3 is 1. The van der Waals surface area contributed by atoms with Crippen LogP contribution in [-0.2, 0) is 9.53 Å². The van der Waals surface area contributed by atoms with E-state index in [9.17, 15) is 9.59 Å². The van der Waals surface area contributed by atoms with Gasteiger partial charge in [-0.2, -0.15) is 0 Å². The van der Waals surface area contributed by atoms with E-state index in [0.29, 0.717) is 15.7 Å². The molecule has 1 amide bonds. The number of nitrogens with one attached hydrogen (secondary N) is 1. The minimum atomic E-state index is -0.988. The van der Waals surface area contributed by atoms with E-state index in [-0.39, 0.29) is 5.69 Å². The molecule has 2 aromatic carbocycles. The molecule has 144 valence electrons. The van der Waals surface area contributed by atoms with Crippen LogP contribution >= 0.6 is 22.9 Å². The Balaban J connectivity index is 1.62. The van der Waals surface area contributed by atoms with Crippen molar-refractivity contribution in [2.45, 2.75) is 13.0 Å². The van der Waals surface area contributed by atoms with E-state index in [1.165, 1.54) is 18.3 Å². The predicted octanol–water partition coefficient (Wildman–Crippen LogP) is 4.66. The van der Waals surface area contributed by atoms with Crippen molar-refractivity contribution in [1.29, 1.82) is 0 Å². The summed E-state index contributed by atoms with van der Waals surface area (Å²) in [7, 11) is 1.59. The quantitative estimate of drug-likeness (QED) is 0.591. The normalized spacial score (nSPS) is 11.5. The number of hydrogen-bond donors (Lipinski definition) is 1. The fraction of sp³-hybridized carbons (Fsp3) is 0.150. The van der Waals surface area contributed by atoms with E-state index in [2.05, 4.69) is 10.3 Å². The molecule has 1 aromatic heterocycles. The zero-order chi connectivity index (χ0) is 20.1. The van der Waals surface area contributed by atoms with Gasteiger partial charge in [0.15, 0.2) is 11.8 Å². The number of rotatable bonds is 6. The van der Waals surface area contributed by atoms with Crippen LogP contribution in [0.3, 0.4) is 0 Å². The highest BCUT2D eigenvalue weighted by Crippen LogP contribution is 2.26. The van der Waals surface area contributed by atoms with Crippen molar-refractivity contribution in [3.63, 3.8) is 0 Å². The lowest BCUT2D eigenvalue weighted by Gasteiger charge is -2.12. The highest BCUT2D eigenvalue weighted by molar-refractivity contribution is 7.13. The van der Waals surface area contributed by atoms with Gasteiger partial charge in [-0.05, 0) is 49.4 Å². The van der Waals surface area contributed by atoms with Crippen LogP contribution in [0, 0.1) is 0 Å². The van der Waals surface area contributed by atoms with Crippen molar-refractivity contribution in [3.05, 3.63) is 64.6 Å². The Kier molecular flexibility index (Phi) is 6.28. The Morgan fingerprint density at radius 3 is 2.61 bits per heavy atom. The minimum absolute atomic E-state index is 0.151. The third-order valence-corrected chi connectivity index (χ3v) is 4.92. The predicted molar refractivity (Wildman–Crippen MR) is 109 cm³/mol. The molecule has 1 atom stereocenters. The molecule has 0 saturated heterocycles. The Morgan fingerprint density at radius 2 is 1.93 bits per heavy atom. The lowest BCUT2D eigenvalue weighted by Crippen LogP contribution is -2.30. The summed E-state index contributed by atoms with van der Waals surface area (Å²) < 4.78 is 10.4. The number of hydrogen-bond acceptors (Lipinski definition) is 6. The van der Waals surface area contributed by atoms with Crippen LogP contribution in [0.2, 0.25) is 5.02 Å². The van der Waals surface area contributed by atoms with Crippen molar-refractivity contribution in [1.82, 2.24) is 4.98 Å². The second-order valence-electron chi connectivity index (χ2n) is 5.81. The SMILES string of the molecule is COc1ccc(-c2nc(C(=O)O[C@@H](C)C(=O)Nc3cccc(Cl)c3)cs2)cc1. The molecule has 0 saturated carbocycles. The monoisotopic (exact) mass is 416 g/mol. The van der Waals surface area contributed by atoms with Gasteiger partial charge in [-0.1, -0.05) is 17.7 Å². The van der Waals surface area contributed by atoms with Gasteiger partial charge in [-0.3, -0.25) is 4.79 Å². The molecule has 0 aliphatic carbocycles. The maximum Gasteiger partial charge on any atom is 0.358 e. The number of amides is 1. The number of nitrogens with zero attached hydrogens (tertiary/aromatic N) is 1. The van der Waals surface area contributed by atoms with Crippen LogP contribution in [0.15, 0.2) is 53.9 Å². The largest absolute Gasteiger partial charge is 0.497 e. The van der Waals surface area contributed by atoms with Crippen molar-refractivity contribution in [2.75, 3.05) is 12.4 Å². The second kappa shape index (κ2) is 8.86. The Hall–Kier alpha value is -2.90. The summed E-state index contributed by atoms with van der Waals surface area (Å²) in [6.45, 7) is 1.49. The first-order chi connectivity index (χ1) is 13.5. The number of benzene rings is 2. The number of halogens is 1. The molecule has 1 N–H and O–H groups in total. The molecule has 0 aliphatic heterocycles. The van der Waals surface area contributed by atoms with Gasteiger partial charge in [0, 0.05) is 21.7 Å². The molecule has 8 heteroatoms. The van der Waals surface area contributed by atoms with Crippen molar-refractivity contribution in [3.8, 4) is 16.3 Å². The molecule has 28 heavy (non-hydrogen) atoms. The van der Waals surface area contributed by atoms with E-state index < -0.39 is 18.0 Å². The van der Waals surface area contributed by atoms with E-state index in [1.807, 2.05) is 24.3 Å². The molecule has 0 radical (unpaired) electrons. The smallest absolute Gasteiger partial charge is 0.358 e. The van der Waals surface area contributed by atoms with E-state index in [1.54, 1.807) is 36.8 Å². The number of aromatic nitrogens is 1. The molecule has 0 fully saturated rings. The maximum atomic E-state index is 12.3. The van der Waals surface area contributed by atoms with Gasteiger partial charge in [0.1, 0.15) is 10.8 Å². The summed E-state index contributed by atoms with van der Waals surface area (Å²) in [5, 5.41) is 5.42. The maximum absolute atomic E-state index is 12.3. The number of anilines is 1. The average Bonchev–Trinajstić information content (AvgIpc) is 3.18. The Bertz CT molecular complexity index is 988. The van der Waals surface area contributed by atoms with Crippen LogP contribution in [0.5, 0.6) is 5.75 Å². The number of esters is 1. The van der Waals surface area contributed by atoms with Gasteiger partial charge in [0.05, 0.1) is 7.11 Å². The van der Waals surface area contributed by atoms with Crippen LogP contribution in [0.1, 0.15) is 17.4 Å². The van der Waals surface area contributed by atoms with Crippen molar-refractivity contribution >= 4 is 40.5 Å². The van der Waals surface area contributed by atoms with Gasteiger partial charge < -0.3 is 14.8 Å². The molecular weight excluding hydrogens is 400 g/mol. The van der Waals surface area contributed by atoms with Gasteiger partial charge >= 0.3 is 5.97 Å². The van der Waals surface area contributed by atoms with Crippen LogP contribution in [0.4, 0.5) is 5.69 Å². The number of carbonyl (C=O) groups is 2. The summed E-state index contributed by atoms with van der Waals surface area (Å²) in [6, 6.07) is 14.1. The Labute approximate surface area is 171 Å². The molecule has 6 nitrogen and oxygen atoms in total. The summed E-state index contributed by atoms with van der Waals surface area (Å²) in [6.07, 6.45) is -0.988. The van der Waals surface area contributed by atoms with Crippen LogP contribution in [0.25, 0.3) is 10.6 Å². The second-order valence-corrected chi connectivity index (χ2v) is 7.11. The topological polar surface area (TPSA) is 77.5 Å². The third kappa shape index (κ3) is 4.88. The summed E-state index contributed by atoms with van der Waals surface area (Å²) in [5.41, 5.74) is 1.53. The van der Waals surface area contributed by atoms with Crippen molar-refractivity contribution in [2.24, 2.45) is 0 Å². The summed E-state index contributed by atoms with van der Waals surface area (Å²) in [5.74, 6) is -0.384. The fourth-order valence-electron chi connectivity index (χ4n) is 2.32. The highest BCUT2D eigenvalue weighted by atomic mass is 35.5. The van der Waals surface area contributed by atoms with Gasteiger partial charge in [0.25, 0.3) is 5.91 Å². The first-order valence-corrected chi connectivity index (χ1v) is 9.59. The molecule has 3 aromatic rings. The molecule has 3 rings (SSSR count). The Morgan fingerprint density at radius 1 is 1.18 bits per heavy atom. The van der Waals surface area contributed by atoms with Crippen LogP contribution in [-0.4, -0.2) is 30.1 Å². The zero-order valence-electron chi connectivity index (χ0n) is 15.1. The van der Waals surface area contributed by atoms with E-state index in [0.717, 1.165) is 11.3 Å². The molecular formula is C20H17ClN2O4S. The van der Waals surface area contributed by atoms with Gasteiger partial charge in [-0.15, -0.1) is 11.3 Å². The number of ether oxygens (including phenoxy) is 2. The molecule has 0 unspecified atom stereocenters. The molecule has 0 spiro atoms. The molecule has 0 bridgehead atoms. The van der Waals surface area contributed by atoms with Gasteiger partial charge in [0.2, 0.25) is 0 Å². The third-order valence-electron chi connectivity index (χ3n) is 3.80. The number of carbonyl (C=O) groups excluding carboxylic acids is 2. The van der Waals surface area contributed by atoms with Gasteiger partial charge in [-0.25, -0.2) is 9.78 Å². The highest BCUT2D eigenvalue weighted by Gasteiger charge is 2.21. The first kappa shape index (κ1) is 19.9. The summed E-state index contributed by atoms with van der Waals surface area (Å²) >= 11 is 7.21. The lowest BCUT2D eigenvalue weighted by atomic mass is 10.2. The van der Waals surface area contributed by atoms with Crippen molar-refractivity contribution < 1.29 is 19.1 Å². The minimum Gasteiger partial charge on any atom is -0.497 e. The zero-order valence-corrected chi connectivity index (χ0v) is 16.7. The van der Waals surface area contributed by atoms with Crippen LogP contribution < -0.4 is 10.1 Å². The fourth-order valence-corrected chi connectivity index (χ4v) is 3.30. The lowest BCUT2D eigenvalue weighted by molar-refractivity contribution is -0.123. The average molecular weight is 417 g/mol. The number of thiazole rings is 1. The standard InChI is InChI=1S/C20H17ClN2O4S/c1-12(18(24)22-15-5-3-4-14(21)10-15)27-20(25)17-11-28-19(23-17)13-6-8-16(26-2)9-7-13/h3-12H,1-2H3,(H,22,24)/t12-/m0/s1. The van der Waals surface area contributed by atoms with E-state index in [4.69, 9.17) is 21.1 Å². The first-order valence-electron chi connectivity index (χ1n) is 8.33.